The molecule has 0 unspecified atom stereocenters. The fraction of sp³-hybridized carbons (Fsp3) is 0.200. The van der Waals surface area contributed by atoms with Crippen LogP contribution < -0.4 is 0 Å². The van der Waals surface area contributed by atoms with Crippen LogP contribution in [0.2, 0.25) is 0 Å². The molecule has 0 amide bonds. The second-order valence-corrected chi connectivity index (χ2v) is 4.26. The quantitative estimate of drug-likeness (QED) is 0.739. The Morgan fingerprint density at radius 3 is 2.47 bits per heavy atom. The van der Waals surface area contributed by atoms with Crippen molar-refractivity contribution in [3.05, 3.63) is 52.7 Å². The molecule has 2 rings (SSSR count). The molecule has 1 heterocycles. The van der Waals surface area contributed by atoms with Gasteiger partial charge in [0.1, 0.15) is 6.07 Å². The fourth-order valence-corrected chi connectivity index (χ4v) is 1.84. The zero-order valence-electron chi connectivity index (χ0n) is 10.3. The summed E-state index contributed by atoms with van der Waals surface area (Å²) in [6.45, 7) is 6.01. The van der Waals surface area contributed by atoms with Crippen LogP contribution in [0.5, 0.6) is 0 Å². The molecule has 0 saturated carbocycles. The Morgan fingerprint density at radius 2 is 1.82 bits per heavy atom. The van der Waals surface area contributed by atoms with Gasteiger partial charge in [0.25, 0.3) is 0 Å². The molecule has 84 valence electrons. The van der Waals surface area contributed by atoms with Gasteiger partial charge in [-0.25, -0.2) is 0 Å². The summed E-state index contributed by atoms with van der Waals surface area (Å²) < 4.78 is 0. The van der Waals surface area contributed by atoms with Gasteiger partial charge in [0.15, 0.2) is 0 Å². The van der Waals surface area contributed by atoms with Crippen molar-refractivity contribution in [3.63, 3.8) is 0 Å². The molecular formula is C15H14N2. The number of pyridine rings is 1. The number of hydrogen-bond donors (Lipinski definition) is 0. The highest BCUT2D eigenvalue weighted by Crippen LogP contribution is 2.23. The molecule has 17 heavy (non-hydrogen) atoms. The lowest BCUT2D eigenvalue weighted by Crippen LogP contribution is -1.93. The van der Waals surface area contributed by atoms with E-state index in [1.165, 1.54) is 11.1 Å². The molecule has 0 aliphatic rings. The van der Waals surface area contributed by atoms with Gasteiger partial charge in [-0.05, 0) is 44.5 Å². The van der Waals surface area contributed by atoms with Crippen LogP contribution in [0.15, 0.2) is 30.3 Å². The number of hydrogen-bond acceptors (Lipinski definition) is 2. The second kappa shape index (κ2) is 4.39. The lowest BCUT2D eigenvalue weighted by molar-refractivity contribution is 1.18. The zero-order valence-corrected chi connectivity index (χ0v) is 10.3. The molecule has 1 aromatic carbocycles. The SMILES string of the molecule is Cc1ccc(C)c(-c2ccc(C#N)c(C)n2)c1. The molecule has 0 atom stereocenters. The Morgan fingerprint density at radius 1 is 1.06 bits per heavy atom. The van der Waals surface area contributed by atoms with Crippen LogP contribution in [0.25, 0.3) is 11.3 Å². The number of benzene rings is 1. The highest BCUT2D eigenvalue weighted by Gasteiger charge is 2.06. The van der Waals surface area contributed by atoms with E-state index in [4.69, 9.17) is 5.26 Å². The Kier molecular flexibility index (Phi) is 2.93. The maximum Gasteiger partial charge on any atom is 0.101 e. The third-order valence-corrected chi connectivity index (χ3v) is 2.88. The third-order valence-electron chi connectivity index (χ3n) is 2.88. The molecule has 0 radical (unpaired) electrons. The van der Waals surface area contributed by atoms with Crippen LogP contribution in [0.3, 0.4) is 0 Å². The molecule has 2 heteroatoms. The van der Waals surface area contributed by atoms with E-state index in [0.717, 1.165) is 17.0 Å². The minimum Gasteiger partial charge on any atom is -0.252 e. The molecular weight excluding hydrogens is 208 g/mol. The maximum absolute atomic E-state index is 8.89. The van der Waals surface area contributed by atoms with Gasteiger partial charge in [-0.1, -0.05) is 17.7 Å². The smallest absolute Gasteiger partial charge is 0.101 e. The van der Waals surface area contributed by atoms with Crippen molar-refractivity contribution in [2.75, 3.05) is 0 Å². The summed E-state index contributed by atoms with van der Waals surface area (Å²) in [6.07, 6.45) is 0. The summed E-state index contributed by atoms with van der Waals surface area (Å²) in [5, 5.41) is 8.89. The summed E-state index contributed by atoms with van der Waals surface area (Å²) in [5.41, 5.74) is 5.91. The topological polar surface area (TPSA) is 36.7 Å². The van der Waals surface area contributed by atoms with E-state index in [0.29, 0.717) is 5.56 Å². The third kappa shape index (κ3) is 2.19. The Balaban J connectivity index is 2.58. The summed E-state index contributed by atoms with van der Waals surface area (Å²) in [6, 6.07) is 12.2. The van der Waals surface area contributed by atoms with Gasteiger partial charge in [0.05, 0.1) is 17.0 Å². The largest absolute Gasteiger partial charge is 0.252 e. The lowest BCUT2D eigenvalue weighted by atomic mass is 10.0. The Labute approximate surface area is 102 Å². The summed E-state index contributed by atoms with van der Waals surface area (Å²) >= 11 is 0. The standard InChI is InChI=1S/C15H14N2/c1-10-4-5-11(2)14(8-10)15-7-6-13(9-16)12(3)17-15/h4-8H,1-3H3. The number of nitriles is 1. The number of nitrogens with zero attached hydrogens (tertiary/aromatic N) is 2. The second-order valence-electron chi connectivity index (χ2n) is 4.26. The molecule has 0 fully saturated rings. The van der Waals surface area contributed by atoms with Gasteiger partial charge in [-0.3, -0.25) is 4.98 Å². The molecule has 1 aromatic heterocycles. The van der Waals surface area contributed by atoms with Gasteiger partial charge in [0, 0.05) is 5.56 Å². The van der Waals surface area contributed by atoms with Gasteiger partial charge < -0.3 is 0 Å². The maximum atomic E-state index is 8.89. The highest BCUT2D eigenvalue weighted by molar-refractivity contribution is 5.65. The van der Waals surface area contributed by atoms with Gasteiger partial charge in [-0.2, -0.15) is 5.26 Å². The van der Waals surface area contributed by atoms with Gasteiger partial charge in [-0.15, -0.1) is 0 Å². The molecule has 0 aliphatic heterocycles. The summed E-state index contributed by atoms with van der Waals surface area (Å²) in [7, 11) is 0. The lowest BCUT2D eigenvalue weighted by Gasteiger charge is -2.08. The first-order chi connectivity index (χ1) is 8.11. The first kappa shape index (κ1) is 11.3. The van der Waals surface area contributed by atoms with Crippen LogP contribution in [0.4, 0.5) is 0 Å². The van der Waals surface area contributed by atoms with E-state index in [2.05, 4.69) is 43.1 Å². The van der Waals surface area contributed by atoms with Crippen LogP contribution in [-0.2, 0) is 0 Å². The normalized spacial score (nSPS) is 10.0. The van der Waals surface area contributed by atoms with Crippen molar-refractivity contribution in [2.45, 2.75) is 20.8 Å². The van der Waals surface area contributed by atoms with E-state index in [1.807, 2.05) is 19.1 Å². The minimum atomic E-state index is 0.638. The van der Waals surface area contributed by atoms with Crippen LogP contribution in [0.1, 0.15) is 22.4 Å². The van der Waals surface area contributed by atoms with E-state index in [-0.39, 0.29) is 0 Å². The van der Waals surface area contributed by atoms with Crippen molar-refractivity contribution in [2.24, 2.45) is 0 Å². The highest BCUT2D eigenvalue weighted by atomic mass is 14.7. The fourth-order valence-electron chi connectivity index (χ4n) is 1.84. The van der Waals surface area contributed by atoms with Crippen molar-refractivity contribution in [3.8, 4) is 17.3 Å². The first-order valence-electron chi connectivity index (χ1n) is 5.57. The van der Waals surface area contributed by atoms with Crippen LogP contribution in [-0.4, -0.2) is 4.98 Å². The zero-order chi connectivity index (χ0) is 12.4. The molecule has 2 nitrogen and oxygen atoms in total. The summed E-state index contributed by atoms with van der Waals surface area (Å²) in [5.74, 6) is 0. The van der Waals surface area contributed by atoms with E-state index < -0.39 is 0 Å². The van der Waals surface area contributed by atoms with Crippen molar-refractivity contribution < 1.29 is 0 Å². The predicted molar refractivity (Wildman–Crippen MR) is 68.6 cm³/mol. The number of rotatable bonds is 1. The van der Waals surface area contributed by atoms with Crippen molar-refractivity contribution >= 4 is 0 Å². The number of aromatic nitrogens is 1. The average Bonchev–Trinajstić information content (AvgIpc) is 2.32. The predicted octanol–water partition coefficient (Wildman–Crippen LogP) is 3.55. The molecule has 0 spiro atoms. The van der Waals surface area contributed by atoms with E-state index in [1.54, 1.807) is 0 Å². The molecule has 0 bridgehead atoms. The van der Waals surface area contributed by atoms with Crippen molar-refractivity contribution in [1.82, 2.24) is 4.98 Å². The average molecular weight is 222 g/mol. The summed E-state index contributed by atoms with van der Waals surface area (Å²) in [4.78, 5) is 4.49. The Bertz CT molecular complexity index is 607. The minimum absolute atomic E-state index is 0.638. The van der Waals surface area contributed by atoms with Gasteiger partial charge >= 0.3 is 0 Å². The van der Waals surface area contributed by atoms with Crippen LogP contribution in [0, 0.1) is 32.1 Å². The van der Waals surface area contributed by atoms with Gasteiger partial charge in [0.2, 0.25) is 0 Å². The molecule has 0 N–H and O–H groups in total. The molecule has 2 aromatic rings. The number of aryl methyl sites for hydroxylation is 3. The first-order valence-corrected chi connectivity index (χ1v) is 5.57. The van der Waals surface area contributed by atoms with Crippen LogP contribution >= 0.6 is 0 Å². The monoisotopic (exact) mass is 222 g/mol. The van der Waals surface area contributed by atoms with E-state index >= 15 is 0 Å². The molecule has 0 aliphatic carbocycles. The van der Waals surface area contributed by atoms with E-state index in [9.17, 15) is 0 Å². The Hall–Kier alpha value is -2.14. The van der Waals surface area contributed by atoms with Crippen molar-refractivity contribution in [1.29, 1.82) is 5.26 Å². The molecule has 0 saturated heterocycles.